The van der Waals surface area contributed by atoms with E-state index in [4.69, 9.17) is 66.5 Å². The first-order valence-electron chi connectivity index (χ1n) is 17.3. The molecule has 0 fully saturated rings. The lowest BCUT2D eigenvalue weighted by Gasteiger charge is -2.29. The summed E-state index contributed by atoms with van der Waals surface area (Å²) in [6.07, 6.45) is 3.67. The number of anilines is 6. The Labute approximate surface area is 337 Å². The molecule has 52 heavy (non-hydrogen) atoms. The van der Waals surface area contributed by atoms with E-state index in [9.17, 15) is 0 Å². The number of nitrogens with zero attached hydrogens (tertiary/aromatic N) is 2. The van der Waals surface area contributed by atoms with Gasteiger partial charge in [0.05, 0.1) is 0 Å². The molecule has 10 heteroatoms. The topological polar surface area (TPSA) is 6.48 Å². The zero-order valence-electron chi connectivity index (χ0n) is 28.8. The summed E-state index contributed by atoms with van der Waals surface area (Å²) in [5.41, 5.74) is 10.9. The van der Waals surface area contributed by atoms with Crippen molar-refractivity contribution >= 4 is 123 Å². The highest BCUT2D eigenvalue weighted by Gasteiger charge is 2.30. The van der Waals surface area contributed by atoms with Crippen LogP contribution in [0.2, 0.25) is 0 Å². The summed E-state index contributed by atoms with van der Waals surface area (Å²) in [6, 6.07) is 44.3. The molecule has 0 spiro atoms. The summed E-state index contributed by atoms with van der Waals surface area (Å²) in [7, 11) is 0. The predicted octanol–water partition coefficient (Wildman–Crippen LogP) is 13.9. The number of hydrogen-bond acceptors (Lipinski definition) is 2. The minimum Gasteiger partial charge on any atom is -0.310 e. The van der Waals surface area contributed by atoms with Gasteiger partial charge in [-0.05, 0) is 106 Å². The maximum atomic E-state index is 6.44. The zero-order chi connectivity index (χ0) is 36.9. The first-order valence-corrected chi connectivity index (χ1v) is 27.4. The second-order valence-corrected chi connectivity index (χ2v) is 29.5. The molecular weight excluding hydrogens is 801 g/mol. The molecule has 0 saturated heterocycles. The Bertz CT molecular complexity index is 1930. The van der Waals surface area contributed by atoms with Gasteiger partial charge in [-0.2, -0.15) is 0 Å². The van der Waals surface area contributed by atoms with E-state index in [1.54, 1.807) is 0 Å². The van der Waals surface area contributed by atoms with E-state index >= 15 is 0 Å². The van der Waals surface area contributed by atoms with Crippen molar-refractivity contribution in [3.05, 3.63) is 157 Å². The molecule has 0 aliphatic carbocycles. The minimum atomic E-state index is -3.04. The van der Waals surface area contributed by atoms with Gasteiger partial charge in [0.2, 0.25) is 0 Å². The molecule has 0 saturated carbocycles. The fraction of sp³-hybridized carbons (Fsp3) is 0.143. The van der Waals surface area contributed by atoms with Crippen LogP contribution >= 0.6 is 66.5 Å². The molecule has 6 rings (SSSR count). The molecule has 6 aromatic rings. The predicted molar refractivity (Wildman–Crippen MR) is 235 cm³/mol. The van der Waals surface area contributed by atoms with Gasteiger partial charge < -0.3 is 9.80 Å². The lowest BCUT2D eigenvalue weighted by Crippen LogP contribution is -2.30. The van der Waals surface area contributed by atoms with E-state index in [1.165, 1.54) is 0 Å². The Morgan fingerprint density at radius 3 is 1.04 bits per heavy atom. The number of benzene rings is 6. The highest BCUT2D eigenvalue weighted by molar-refractivity contribution is 7.70. The van der Waals surface area contributed by atoms with Crippen molar-refractivity contribution < 1.29 is 0 Å². The summed E-state index contributed by atoms with van der Waals surface area (Å²) < 4.78 is 0. The summed E-state index contributed by atoms with van der Waals surface area (Å²) in [5, 5.41) is 1.59. The van der Waals surface area contributed by atoms with Crippen LogP contribution in [-0.4, -0.2) is 12.0 Å². The SMILES string of the molecule is CCCc1cc([Si](Cl)(Cl)Cl)ccc1N(c1ccccc1)c1ccc(-c2ccc(N(c3ccccc3)c3ccc([Si](Cl)(Cl)Cl)cc3CCC)cc2)cc1. The first kappa shape index (κ1) is 38.8. The lowest BCUT2D eigenvalue weighted by molar-refractivity contribution is 0.920. The van der Waals surface area contributed by atoms with Gasteiger partial charge in [0, 0.05) is 34.1 Å². The molecule has 0 aromatic heterocycles. The number of halogens is 6. The summed E-state index contributed by atoms with van der Waals surface area (Å²) >= 11 is 38.7. The van der Waals surface area contributed by atoms with E-state index in [0.29, 0.717) is 0 Å². The maximum absolute atomic E-state index is 6.44. The second-order valence-electron chi connectivity index (χ2n) is 12.6. The van der Waals surface area contributed by atoms with Crippen molar-refractivity contribution in [3.8, 4) is 11.1 Å². The third kappa shape index (κ3) is 9.06. The van der Waals surface area contributed by atoms with Crippen LogP contribution in [0.15, 0.2) is 146 Å². The van der Waals surface area contributed by atoms with Crippen LogP contribution in [0.1, 0.15) is 37.8 Å². The molecule has 6 aromatic carbocycles. The average molecular weight is 840 g/mol. The Morgan fingerprint density at radius 2 is 0.731 bits per heavy atom. The van der Waals surface area contributed by atoms with Gasteiger partial charge >= 0.3 is 12.0 Å². The number of hydrogen-bond donors (Lipinski definition) is 0. The van der Waals surface area contributed by atoms with Gasteiger partial charge in [-0.25, -0.2) is 0 Å². The second kappa shape index (κ2) is 17.1. The van der Waals surface area contributed by atoms with Crippen molar-refractivity contribution in [3.63, 3.8) is 0 Å². The van der Waals surface area contributed by atoms with Crippen molar-refractivity contribution in [1.29, 1.82) is 0 Å². The number of rotatable bonds is 13. The smallest absolute Gasteiger partial charge is 0.310 e. The molecule has 0 bridgehead atoms. The average Bonchev–Trinajstić information content (AvgIpc) is 3.14. The van der Waals surface area contributed by atoms with E-state index in [2.05, 4.69) is 145 Å². The quantitative estimate of drug-likeness (QED) is 0.0844. The Balaban J connectivity index is 1.36. The van der Waals surface area contributed by atoms with Crippen LogP contribution in [0.5, 0.6) is 0 Å². The molecule has 0 aliphatic rings. The maximum Gasteiger partial charge on any atom is 0.372 e. The molecule has 0 aliphatic heterocycles. The normalized spacial score (nSPS) is 11.8. The Hall–Kier alpha value is -2.91. The molecular formula is C42H38Cl6N2Si2. The first-order chi connectivity index (χ1) is 25.0. The third-order valence-corrected chi connectivity index (χ3v) is 14.8. The lowest BCUT2D eigenvalue weighted by atomic mass is 10.0. The van der Waals surface area contributed by atoms with Gasteiger partial charge in [-0.15, -0.1) is 66.5 Å². The fourth-order valence-electron chi connectivity index (χ4n) is 6.51. The molecule has 0 amide bonds. The standard InChI is InChI=1S/C42H38Cl6N2Si2/c1-3-11-33-29-39(51(43,44)45)25-27-41(33)49(35-13-7-5-8-14-35)37-21-17-31(18-22-37)32-19-23-38(24-20-32)50(36-15-9-6-10-16-36)42-28-26-40(52(46,47)48)30-34(42)12-4-2/h5-10,13-30H,3-4,11-12H2,1-2H3. The van der Waals surface area contributed by atoms with Crippen molar-refractivity contribution in [1.82, 2.24) is 0 Å². The van der Waals surface area contributed by atoms with E-state index in [0.717, 1.165) is 92.4 Å². The molecule has 2 nitrogen and oxygen atoms in total. The number of para-hydroxylation sites is 2. The van der Waals surface area contributed by atoms with Crippen LogP contribution in [0.4, 0.5) is 34.1 Å². The molecule has 0 unspecified atom stereocenters. The molecule has 0 atom stereocenters. The molecule has 0 N–H and O–H groups in total. The Morgan fingerprint density at radius 1 is 0.404 bits per heavy atom. The van der Waals surface area contributed by atoms with E-state index < -0.39 is 12.0 Å². The van der Waals surface area contributed by atoms with Crippen LogP contribution in [0.25, 0.3) is 11.1 Å². The molecule has 0 heterocycles. The fourth-order valence-corrected chi connectivity index (χ4v) is 9.85. The Kier molecular flexibility index (Phi) is 12.7. The minimum absolute atomic E-state index is 0.797. The monoisotopic (exact) mass is 836 g/mol. The highest BCUT2D eigenvalue weighted by atomic mass is 35.8. The van der Waals surface area contributed by atoms with Crippen molar-refractivity contribution in [2.24, 2.45) is 0 Å². The summed E-state index contributed by atoms with van der Waals surface area (Å²) in [5.74, 6) is 0. The summed E-state index contributed by atoms with van der Waals surface area (Å²) in [4.78, 5) is 4.56. The van der Waals surface area contributed by atoms with Crippen LogP contribution < -0.4 is 20.2 Å². The van der Waals surface area contributed by atoms with Crippen molar-refractivity contribution in [2.45, 2.75) is 39.5 Å². The van der Waals surface area contributed by atoms with Crippen LogP contribution in [0, 0.1) is 0 Å². The number of aryl methyl sites for hydroxylation is 2. The third-order valence-electron chi connectivity index (χ3n) is 8.95. The van der Waals surface area contributed by atoms with Gasteiger partial charge in [-0.1, -0.05) is 112 Å². The van der Waals surface area contributed by atoms with Crippen LogP contribution in [0.3, 0.4) is 0 Å². The molecule has 0 radical (unpaired) electrons. The van der Waals surface area contributed by atoms with Crippen molar-refractivity contribution in [2.75, 3.05) is 9.80 Å². The van der Waals surface area contributed by atoms with Crippen LogP contribution in [-0.2, 0) is 12.8 Å². The van der Waals surface area contributed by atoms with Gasteiger partial charge in [0.25, 0.3) is 0 Å². The highest BCUT2D eigenvalue weighted by Crippen LogP contribution is 2.40. The van der Waals surface area contributed by atoms with E-state index in [1.807, 2.05) is 24.3 Å². The largest absolute Gasteiger partial charge is 0.372 e. The summed E-state index contributed by atoms with van der Waals surface area (Å²) in [6.45, 7) is 4.34. The molecule has 266 valence electrons. The van der Waals surface area contributed by atoms with E-state index in [-0.39, 0.29) is 0 Å². The van der Waals surface area contributed by atoms with Gasteiger partial charge in [-0.3, -0.25) is 0 Å². The zero-order valence-corrected chi connectivity index (χ0v) is 35.4. The van der Waals surface area contributed by atoms with Gasteiger partial charge in [0.15, 0.2) is 0 Å². The van der Waals surface area contributed by atoms with Gasteiger partial charge in [0.1, 0.15) is 0 Å².